The minimum Gasteiger partial charge on any atom is -0.496 e. The maximum Gasteiger partial charge on any atom is 0.128 e. The minimum absolute atomic E-state index is 0.102. The zero-order valence-corrected chi connectivity index (χ0v) is 10.5. The van der Waals surface area contributed by atoms with Crippen LogP contribution in [0.4, 0.5) is 0 Å². The molecular weight excluding hydrogens is 202 g/mol. The second kappa shape index (κ2) is 5.75. The van der Waals surface area contributed by atoms with Crippen molar-refractivity contribution in [3.05, 3.63) is 23.8 Å². The summed E-state index contributed by atoms with van der Waals surface area (Å²) >= 11 is 0. The van der Waals surface area contributed by atoms with E-state index in [0.717, 1.165) is 23.5 Å². The van der Waals surface area contributed by atoms with Crippen LogP contribution in [0.2, 0.25) is 0 Å². The van der Waals surface area contributed by atoms with Crippen LogP contribution >= 0.6 is 0 Å². The van der Waals surface area contributed by atoms with E-state index in [1.54, 1.807) is 7.11 Å². The van der Waals surface area contributed by atoms with Gasteiger partial charge < -0.3 is 15.2 Å². The van der Waals surface area contributed by atoms with Crippen LogP contribution in [-0.4, -0.2) is 13.2 Å². The largest absolute Gasteiger partial charge is 0.496 e. The average molecular weight is 223 g/mol. The molecule has 0 saturated heterocycles. The molecule has 2 atom stereocenters. The summed E-state index contributed by atoms with van der Waals surface area (Å²) in [6.07, 6.45) is 1.15. The van der Waals surface area contributed by atoms with E-state index < -0.39 is 0 Å². The highest BCUT2D eigenvalue weighted by Crippen LogP contribution is 2.33. The number of ether oxygens (including phenoxy) is 2. The van der Waals surface area contributed by atoms with E-state index in [2.05, 4.69) is 6.92 Å². The van der Waals surface area contributed by atoms with E-state index in [-0.39, 0.29) is 12.1 Å². The van der Waals surface area contributed by atoms with Gasteiger partial charge in [-0.25, -0.2) is 0 Å². The van der Waals surface area contributed by atoms with Gasteiger partial charge in [-0.3, -0.25) is 0 Å². The number of rotatable bonds is 5. The van der Waals surface area contributed by atoms with Gasteiger partial charge in [0.25, 0.3) is 0 Å². The fourth-order valence-corrected chi connectivity index (χ4v) is 1.55. The van der Waals surface area contributed by atoms with Crippen LogP contribution in [0.25, 0.3) is 0 Å². The molecule has 2 N–H and O–H groups in total. The van der Waals surface area contributed by atoms with E-state index in [4.69, 9.17) is 15.2 Å². The number of hydrogen-bond donors (Lipinski definition) is 1. The molecule has 0 aromatic heterocycles. The predicted octanol–water partition coefficient (Wildman–Crippen LogP) is 2.89. The van der Waals surface area contributed by atoms with E-state index >= 15 is 0 Å². The quantitative estimate of drug-likeness (QED) is 0.834. The Balaban J connectivity index is 3.07. The van der Waals surface area contributed by atoms with Gasteiger partial charge in [0.15, 0.2) is 0 Å². The summed E-state index contributed by atoms with van der Waals surface area (Å²) in [5.41, 5.74) is 6.88. The summed E-state index contributed by atoms with van der Waals surface area (Å²) in [4.78, 5) is 0. The Kier molecular flexibility index (Phi) is 4.62. The van der Waals surface area contributed by atoms with E-state index in [0.29, 0.717) is 0 Å². The molecule has 0 aliphatic rings. The maximum absolute atomic E-state index is 5.95. The third-order valence-corrected chi connectivity index (χ3v) is 2.60. The number of benzene rings is 1. The fourth-order valence-electron chi connectivity index (χ4n) is 1.55. The zero-order valence-electron chi connectivity index (χ0n) is 10.5. The lowest BCUT2D eigenvalue weighted by Gasteiger charge is -2.20. The monoisotopic (exact) mass is 223 g/mol. The van der Waals surface area contributed by atoms with Crippen molar-refractivity contribution in [1.82, 2.24) is 0 Å². The Hall–Kier alpha value is -1.22. The second-order valence-electron chi connectivity index (χ2n) is 4.00. The van der Waals surface area contributed by atoms with Crippen LogP contribution in [0.1, 0.15) is 38.8 Å². The molecule has 16 heavy (non-hydrogen) atoms. The Bertz CT molecular complexity index is 337. The van der Waals surface area contributed by atoms with Crippen LogP contribution in [0.5, 0.6) is 11.5 Å². The van der Waals surface area contributed by atoms with Gasteiger partial charge in [-0.2, -0.15) is 0 Å². The zero-order chi connectivity index (χ0) is 12.1. The third kappa shape index (κ3) is 2.89. The second-order valence-corrected chi connectivity index (χ2v) is 4.00. The molecule has 0 amide bonds. The first-order valence-electron chi connectivity index (χ1n) is 5.69. The van der Waals surface area contributed by atoms with Gasteiger partial charge in [-0.05, 0) is 32.4 Å². The van der Waals surface area contributed by atoms with Crippen molar-refractivity contribution in [1.29, 1.82) is 0 Å². The van der Waals surface area contributed by atoms with Crippen LogP contribution < -0.4 is 15.2 Å². The van der Waals surface area contributed by atoms with Crippen LogP contribution in [-0.2, 0) is 0 Å². The molecular formula is C13H21NO2. The highest BCUT2D eigenvalue weighted by molar-refractivity contribution is 5.46. The molecule has 3 heteroatoms. The minimum atomic E-state index is -0.102. The summed E-state index contributed by atoms with van der Waals surface area (Å²) in [6, 6.07) is 5.66. The molecule has 0 radical (unpaired) electrons. The Morgan fingerprint density at radius 1 is 1.25 bits per heavy atom. The third-order valence-electron chi connectivity index (χ3n) is 2.60. The van der Waals surface area contributed by atoms with E-state index in [9.17, 15) is 0 Å². The highest BCUT2D eigenvalue weighted by atomic mass is 16.5. The molecule has 0 aliphatic carbocycles. The average Bonchev–Trinajstić information content (AvgIpc) is 2.28. The van der Waals surface area contributed by atoms with Crippen LogP contribution in [0.15, 0.2) is 18.2 Å². The molecule has 0 spiro atoms. The first-order valence-corrected chi connectivity index (χ1v) is 5.69. The Labute approximate surface area is 97.6 Å². The fraction of sp³-hybridized carbons (Fsp3) is 0.538. The van der Waals surface area contributed by atoms with Crippen LogP contribution in [0.3, 0.4) is 0 Å². The first kappa shape index (κ1) is 12.8. The van der Waals surface area contributed by atoms with Crippen molar-refractivity contribution < 1.29 is 9.47 Å². The van der Waals surface area contributed by atoms with Crippen molar-refractivity contribution in [2.45, 2.75) is 39.3 Å². The standard InChI is InChI=1S/C13H21NO2/c1-5-9(2)16-12-8-6-7-11(15-4)13(12)10(3)14/h6-10H,5,14H2,1-4H3/t9?,10-/m1/s1. The van der Waals surface area contributed by atoms with E-state index in [1.807, 2.05) is 32.0 Å². The Morgan fingerprint density at radius 2 is 1.88 bits per heavy atom. The normalized spacial score (nSPS) is 14.3. The van der Waals surface area contributed by atoms with Gasteiger partial charge in [0, 0.05) is 6.04 Å². The highest BCUT2D eigenvalue weighted by Gasteiger charge is 2.15. The molecule has 1 aromatic carbocycles. The van der Waals surface area contributed by atoms with Gasteiger partial charge in [0.1, 0.15) is 11.5 Å². The molecule has 0 bridgehead atoms. The molecule has 0 heterocycles. The van der Waals surface area contributed by atoms with E-state index in [1.165, 1.54) is 0 Å². The van der Waals surface area contributed by atoms with Crippen molar-refractivity contribution in [3.8, 4) is 11.5 Å². The topological polar surface area (TPSA) is 44.5 Å². The molecule has 3 nitrogen and oxygen atoms in total. The molecule has 90 valence electrons. The Morgan fingerprint density at radius 3 is 2.38 bits per heavy atom. The molecule has 1 unspecified atom stereocenters. The van der Waals surface area contributed by atoms with Gasteiger partial charge in [0.05, 0.1) is 18.8 Å². The van der Waals surface area contributed by atoms with Gasteiger partial charge in [-0.15, -0.1) is 0 Å². The SMILES string of the molecule is CCC(C)Oc1cccc(OC)c1[C@@H](C)N. The lowest BCUT2D eigenvalue weighted by atomic mass is 10.1. The predicted molar refractivity (Wildman–Crippen MR) is 66.0 cm³/mol. The summed E-state index contributed by atoms with van der Waals surface area (Å²) < 4.78 is 11.1. The van der Waals surface area contributed by atoms with Crippen molar-refractivity contribution >= 4 is 0 Å². The van der Waals surface area contributed by atoms with Gasteiger partial charge >= 0.3 is 0 Å². The van der Waals surface area contributed by atoms with Crippen molar-refractivity contribution in [2.75, 3.05) is 7.11 Å². The molecule has 0 saturated carbocycles. The molecule has 0 fully saturated rings. The lowest BCUT2D eigenvalue weighted by Crippen LogP contribution is -2.15. The number of methoxy groups -OCH3 is 1. The van der Waals surface area contributed by atoms with Gasteiger partial charge in [-0.1, -0.05) is 13.0 Å². The summed E-state index contributed by atoms with van der Waals surface area (Å²) in [5, 5.41) is 0. The maximum atomic E-state index is 5.95. The van der Waals surface area contributed by atoms with Crippen molar-refractivity contribution in [3.63, 3.8) is 0 Å². The molecule has 0 aliphatic heterocycles. The van der Waals surface area contributed by atoms with Gasteiger partial charge in [0.2, 0.25) is 0 Å². The first-order chi connectivity index (χ1) is 7.60. The van der Waals surface area contributed by atoms with Crippen LogP contribution in [0, 0.1) is 0 Å². The summed E-state index contributed by atoms with van der Waals surface area (Å²) in [6.45, 7) is 6.07. The lowest BCUT2D eigenvalue weighted by molar-refractivity contribution is 0.213. The number of nitrogens with two attached hydrogens (primary N) is 1. The summed E-state index contributed by atoms with van der Waals surface area (Å²) in [5.74, 6) is 1.61. The smallest absolute Gasteiger partial charge is 0.128 e. The molecule has 1 aromatic rings. The molecule has 1 rings (SSSR count). The summed E-state index contributed by atoms with van der Waals surface area (Å²) in [7, 11) is 1.65. The van der Waals surface area contributed by atoms with Crippen molar-refractivity contribution in [2.24, 2.45) is 5.73 Å². The number of hydrogen-bond acceptors (Lipinski definition) is 3.